The number of rotatable bonds is 7. The summed E-state index contributed by atoms with van der Waals surface area (Å²) < 4.78 is 81.6. The van der Waals surface area contributed by atoms with Gasteiger partial charge in [-0.25, -0.2) is 17.5 Å². The molecule has 3 aromatic rings. The van der Waals surface area contributed by atoms with E-state index in [1.807, 2.05) is 32.9 Å². The van der Waals surface area contributed by atoms with E-state index in [2.05, 4.69) is 5.10 Å². The minimum absolute atomic E-state index is 0.00920. The smallest absolute Gasteiger partial charge is 0.293 e. The van der Waals surface area contributed by atoms with Crippen LogP contribution >= 0.6 is 0 Å². The molecule has 1 aromatic heterocycles. The Morgan fingerprint density at radius 1 is 1.11 bits per heavy atom. The van der Waals surface area contributed by atoms with E-state index in [1.54, 1.807) is 27.9 Å². The minimum Gasteiger partial charge on any atom is -0.293 e. The van der Waals surface area contributed by atoms with Gasteiger partial charge in [0.05, 0.1) is 29.6 Å². The van der Waals surface area contributed by atoms with E-state index in [-0.39, 0.29) is 43.7 Å². The predicted octanol–water partition coefficient (Wildman–Crippen LogP) is 5.07. The number of sulfonamides is 1. The van der Waals surface area contributed by atoms with Gasteiger partial charge in [-0.2, -0.15) is 22.6 Å². The Labute approximate surface area is 208 Å². The van der Waals surface area contributed by atoms with E-state index in [9.17, 15) is 26.0 Å². The third kappa shape index (κ3) is 5.90. The van der Waals surface area contributed by atoms with Crippen LogP contribution in [0.5, 0.6) is 0 Å². The average Bonchev–Trinajstić information content (AvgIpc) is 3.19. The lowest BCUT2D eigenvalue weighted by Gasteiger charge is -2.42. The van der Waals surface area contributed by atoms with E-state index in [0.29, 0.717) is 5.69 Å². The molecule has 0 aliphatic carbocycles. The van der Waals surface area contributed by atoms with Crippen molar-refractivity contribution in [3.8, 4) is 5.69 Å². The number of hydrogen-bond donors (Lipinski definition) is 0. The molecule has 1 aliphatic rings. The zero-order valence-electron chi connectivity index (χ0n) is 20.5. The lowest BCUT2D eigenvalue weighted by molar-refractivity contribution is -0.140. The highest BCUT2D eigenvalue weighted by molar-refractivity contribution is 7.89. The van der Waals surface area contributed by atoms with Crippen LogP contribution < -0.4 is 0 Å². The predicted molar refractivity (Wildman–Crippen MR) is 131 cm³/mol. The molecule has 196 valence electrons. The van der Waals surface area contributed by atoms with Gasteiger partial charge in [-0.15, -0.1) is 0 Å². The van der Waals surface area contributed by atoms with Crippen molar-refractivity contribution in [3.63, 3.8) is 0 Å². The van der Waals surface area contributed by atoms with Crippen LogP contribution in [-0.2, 0) is 10.0 Å². The molecule has 0 N–H and O–H groups in total. The van der Waals surface area contributed by atoms with Gasteiger partial charge in [-0.1, -0.05) is 13.8 Å². The van der Waals surface area contributed by atoms with Gasteiger partial charge >= 0.3 is 6.18 Å². The minimum atomic E-state index is -4.30. The molecule has 2 aromatic carbocycles. The molecule has 1 fully saturated rings. The summed E-state index contributed by atoms with van der Waals surface area (Å²) in [4.78, 5) is 1.73. The molecule has 0 saturated carbocycles. The van der Waals surface area contributed by atoms with Crippen LogP contribution in [0.15, 0.2) is 42.6 Å². The molecule has 0 spiro atoms. The van der Waals surface area contributed by atoms with Gasteiger partial charge in [0.25, 0.3) is 0 Å². The van der Waals surface area contributed by atoms with Crippen LogP contribution in [-0.4, -0.2) is 65.5 Å². The van der Waals surface area contributed by atoms with Crippen molar-refractivity contribution in [2.75, 3.05) is 31.9 Å². The summed E-state index contributed by atoms with van der Waals surface area (Å²) in [6.07, 6.45) is -3.62. The molecule has 0 amide bonds. The Morgan fingerprint density at radius 3 is 2.44 bits per heavy atom. The molecular formula is C25H30F4N4O2S. The Hall–Kier alpha value is -2.50. The summed E-state index contributed by atoms with van der Waals surface area (Å²) in [6, 6.07) is 9.16. The van der Waals surface area contributed by atoms with Crippen molar-refractivity contribution >= 4 is 20.9 Å². The number of hydrogen-bond acceptors (Lipinski definition) is 4. The van der Waals surface area contributed by atoms with Gasteiger partial charge < -0.3 is 0 Å². The SMILES string of the molecule is Cc1cc2c(cnn2-c2ccc(F)cc2)cc1[C@@H]1CN(S(=O)(=O)CC(C)C)CCN1CCC(F)(F)F. The van der Waals surface area contributed by atoms with Crippen molar-refractivity contribution < 1.29 is 26.0 Å². The molecule has 0 radical (unpaired) electrons. The van der Waals surface area contributed by atoms with Crippen LogP contribution in [0.3, 0.4) is 0 Å². The first kappa shape index (κ1) is 26.6. The fourth-order valence-electron chi connectivity index (χ4n) is 4.75. The summed E-state index contributed by atoms with van der Waals surface area (Å²) in [5.74, 6) is -0.431. The first-order valence-electron chi connectivity index (χ1n) is 11.9. The standard InChI is InChI=1S/C25H30F4N4O2S/c1-17(2)16-36(34,35)32-11-10-31(9-8-25(27,28)29)24(15-32)22-13-19-14-30-33(23(19)12-18(22)3)21-6-4-20(26)5-7-21/h4-7,12-14,17,24H,8-11,15-16H2,1-3H3/t24-/m0/s1. The molecule has 0 bridgehead atoms. The molecule has 1 saturated heterocycles. The third-order valence-electron chi connectivity index (χ3n) is 6.46. The number of piperazine rings is 1. The van der Waals surface area contributed by atoms with E-state index in [0.717, 1.165) is 22.0 Å². The maximum atomic E-state index is 13.4. The number of alkyl halides is 3. The molecule has 2 heterocycles. The number of aryl methyl sites for hydroxylation is 1. The van der Waals surface area contributed by atoms with Crippen molar-refractivity contribution in [1.29, 1.82) is 0 Å². The highest BCUT2D eigenvalue weighted by Gasteiger charge is 2.37. The second-order valence-corrected chi connectivity index (χ2v) is 11.8. The molecule has 11 heteroatoms. The Kier molecular flexibility index (Phi) is 7.45. The number of fused-ring (bicyclic) bond motifs is 1. The molecule has 4 rings (SSSR count). The van der Waals surface area contributed by atoms with Gasteiger partial charge in [-0.05, 0) is 60.4 Å². The van der Waals surface area contributed by atoms with Crippen molar-refractivity contribution in [1.82, 2.24) is 19.0 Å². The molecule has 1 aliphatic heterocycles. The highest BCUT2D eigenvalue weighted by atomic mass is 32.2. The first-order valence-corrected chi connectivity index (χ1v) is 13.5. The van der Waals surface area contributed by atoms with Crippen molar-refractivity contribution in [2.45, 2.75) is 39.4 Å². The summed E-state index contributed by atoms with van der Waals surface area (Å²) in [6.45, 7) is 5.76. The Balaban J connectivity index is 1.71. The monoisotopic (exact) mass is 526 g/mol. The zero-order valence-corrected chi connectivity index (χ0v) is 21.3. The van der Waals surface area contributed by atoms with Gasteiger partial charge in [0.2, 0.25) is 10.0 Å². The summed E-state index contributed by atoms with van der Waals surface area (Å²) in [7, 11) is -3.54. The Morgan fingerprint density at radius 2 is 1.81 bits per heavy atom. The largest absolute Gasteiger partial charge is 0.390 e. The van der Waals surface area contributed by atoms with Crippen LogP contribution in [0.2, 0.25) is 0 Å². The lowest BCUT2D eigenvalue weighted by Crippen LogP contribution is -2.51. The van der Waals surface area contributed by atoms with Crippen LogP contribution in [0.4, 0.5) is 17.6 Å². The van der Waals surface area contributed by atoms with Gasteiger partial charge in [-0.3, -0.25) is 4.90 Å². The molecule has 1 atom stereocenters. The van der Waals surface area contributed by atoms with E-state index >= 15 is 0 Å². The van der Waals surface area contributed by atoms with E-state index in [4.69, 9.17) is 0 Å². The molecule has 36 heavy (non-hydrogen) atoms. The van der Waals surface area contributed by atoms with E-state index < -0.39 is 28.7 Å². The number of halogens is 4. The van der Waals surface area contributed by atoms with Crippen LogP contribution in [0.1, 0.15) is 37.4 Å². The quantitative estimate of drug-likeness (QED) is 0.404. The second-order valence-electron chi connectivity index (χ2n) is 9.75. The number of nitrogens with zero attached hydrogens (tertiary/aromatic N) is 4. The molecule has 6 nitrogen and oxygen atoms in total. The topological polar surface area (TPSA) is 58.4 Å². The fraction of sp³-hybridized carbons (Fsp3) is 0.480. The third-order valence-corrected chi connectivity index (χ3v) is 8.67. The van der Waals surface area contributed by atoms with Crippen molar-refractivity contribution in [2.24, 2.45) is 5.92 Å². The van der Waals surface area contributed by atoms with Gasteiger partial charge in [0, 0.05) is 37.6 Å². The summed E-state index contributed by atoms with van der Waals surface area (Å²) in [5, 5.41) is 5.18. The lowest BCUT2D eigenvalue weighted by atomic mass is 9.96. The highest BCUT2D eigenvalue weighted by Crippen LogP contribution is 2.34. The average molecular weight is 527 g/mol. The maximum Gasteiger partial charge on any atom is 0.390 e. The van der Waals surface area contributed by atoms with E-state index in [1.165, 1.54) is 16.4 Å². The van der Waals surface area contributed by atoms with Gasteiger partial charge in [0.1, 0.15) is 5.82 Å². The maximum absolute atomic E-state index is 13.4. The van der Waals surface area contributed by atoms with Crippen LogP contribution in [0, 0.1) is 18.7 Å². The summed E-state index contributed by atoms with van der Waals surface area (Å²) in [5.41, 5.74) is 3.03. The number of benzene rings is 2. The normalized spacial score (nSPS) is 18.4. The molecular weight excluding hydrogens is 496 g/mol. The zero-order chi connectivity index (χ0) is 26.3. The number of aromatic nitrogens is 2. The van der Waals surface area contributed by atoms with Gasteiger partial charge in [0.15, 0.2) is 0 Å². The second kappa shape index (κ2) is 10.1. The van der Waals surface area contributed by atoms with Crippen LogP contribution in [0.25, 0.3) is 16.6 Å². The Bertz CT molecular complexity index is 1320. The van der Waals surface area contributed by atoms with Crippen molar-refractivity contribution in [3.05, 3.63) is 59.5 Å². The fourth-order valence-corrected chi connectivity index (χ4v) is 6.53. The summed E-state index contributed by atoms with van der Waals surface area (Å²) >= 11 is 0. The molecule has 0 unspecified atom stereocenters. The first-order chi connectivity index (χ1) is 16.8.